The fourth-order valence-corrected chi connectivity index (χ4v) is 3.23. The van der Waals surface area contributed by atoms with Gasteiger partial charge in [0.25, 0.3) is 0 Å². The topological polar surface area (TPSA) is 38.1 Å². The lowest BCUT2D eigenvalue weighted by Crippen LogP contribution is -2.40. The van der Waals surface area contributed by atoms with Gasteiger partial charge in [0.15, 0.2) is 5.89 Å². The molecule has 1 aromatic rings. The Kier molecular flexibility index (Phi) is 2.71. The molecule has 0 radical (unpaired) electrons. The molecule has 1 N–H and O–H groups in total. The summed E-state index contributed by atoms with van der Waals surface area (Å²) in [6.07, 6.45) is 4.46. The van der Waals surface area contributed by atoms with E-state index in [1.165, 1.54) is 24.3 Å². The lowest BCUT2D eigenvalue weighted by molar-refractivity contribution is 0.333. The third-order valence-electron chi connectivity index (χ3n) is 3.30. The summed E-state index contributed by atoms with van der Waals surface area (Å²) >= 11 is 2.05. The molecule has 2 aliphatic heterocycles. The Labute approximate surface area is 94.0 Å². The summed E-state index contributed by atoms with van der Waals surface area (Å²) in [5.74, 6) is 5.76. The van der Waals surface area contributed by atoms with Crippen LogP contribution in [0.25, 0.3) is 0 Å². The molecule has 82 valence electrons. The van der Waals surface area contributed by atoms with Crippen LogP contribution in [0, 0.1) is 0 Å². The molecule has 2 saturated heterocycles. The molecule has 2 aliphatic rings. The van der Waals surface area contributed by atoms with Crippen LogP contribution >= 0.6 is 11.8 Å². The number of nitrogens with one attached hydrogen (secondary N) is 1. The van der Waals surface area contributed by atoms with E-state index in [0.29, 0.717) is 11.8 Å². The highest BCUT2D eigenvalue weighted by atomic mass is 32.2. The number of aromatic nitrogens is 1. The quantitative estimate of drug-likeness (QED) is 0.833. The normalized spacial score (nSPS) is 24.0. The fourth-order valence-electron chi connectivity index (χ4n) is 2.12. The van der Waals surface area contributed by atoms with Crippen molar-refractivity contribution in [1.29, 1.82) is 0 Å². The Morgan fingerprint density at radius 1 is 1.27 bits per heavy atom. The largest absolute Gasteiger partial charge is 0.445 e. The van der Waals surface area contributed by atoms with Crippen LogP contribution in [0.4, 0.5) is 0 Å². The highest BCUT2D eigenvalue weighted by Crippen LogP contribution is 2.33. The average molecular weight is 224 g/mol. The highest BCUT2D eigenvalue weighted by molar-refractivity contribution is 7.99. The first-order chi connectivity index (χ1) is 7.43. The number of rotatable bonds is 2. The minimum absolute atomic E-state index is 0.525. The second-order valence-electron chi connectivity index (χ2n) is 4.34. The summed E-state index contributed by atoms with van der Waals surface area (Å²) in [5.41, 5.74) is 0. The molecule has 3 heterocycles. The molecule has 2 fully saturated rings. The van der Waals surface area contributed by atoms with Crippen molar-refractivity contribution in [2.75, 3.05) is 24.6 Å². The van der Waals surface area contributed by atoms with Gasteiger partial charge >= 0.3 is 0 Å². The van der Waals surface area contributed by atoms with Crippen LogP contribution in [-0.2, 0) is 0 Å². The second-order valence-corrected chi connectivity index (χ2v) is 5.57. The fraction of sp³-hybridized carbons (Fsp3) is 0.727. The van der Waals surface area contributed by atoms with Gasteiger partial charge in [-0.3, -0.25) is 0 Å². The third-order valence-corrected chi connectivity index (χ3v) is 4.34. The van der Waals surface area contributed by atoms with E-state index >= 15 is 0 Å². The molecular formula is C11H16N2OS. The van der Waals surface area contributed by atoms with Crippen molar-refractivity contribution in [1.82, 2.24) is 10.3 Å². The van der Waals surface area contributed by atoms with Gasteiger partial charge in [-0.2, -0.15) is 11.8 Å². The molecule has 4 heteroatoms. The summed E-state index contributed by atoms with van der Waals surface area (Å²) in [6.45, 7) is 2.06. The summed E-state index contributed by atoms with van der Waals surface area (Å²) in [4.78, 5) is 4.40. The Bertz CT molecular complexity index is 329. The van der Waals surface area contributed by atoms with E-state index in [-0.39, 0.29) is 0 Å². The van der Waals surface area contributed by atoms with Crippen LogP contribution in [0.2, 0.25) is 0 Å². The molecule has 15 heavy (non-hydrogen) atoms. The van der Waals surface area contributed by atoms with Crippen LogP contribution in [-0.4, -0.2) is 29.6 Å². The van der Waals surface area contributed by atoms with Gasteiger partial charge in [-0.05, 0) is 24.3 Å². The van der Waals surface area contributed by atoms with E-state index in [1.807, 2.05) is 6.20 Å². The summed E-state index contributed by atoms with van der Waals surface area (Å²) in [5, 5.41) is 3.25. The van der Waals surface area contributed by atoms with E-state index < -0.39 is 0 Å². The van der Waals surface area contributed by atoms with Crippen LogP contribution in [0.15, 0.2) is 10.6 Å². The minimum atomic E-state index is 0.525. The summed E-state index contributed by atoms with van der Waals surface area (Å²) in [7, 11) is 0. The van der Waals surface area contributed by atoms with Crippen LogP contribution < -0.4 is 5.32 Å². The number of oxazole rings is 1. The lowest BCUT2D eigenvalue weighted by atomic mass is 10.0. The zero-order valence-electron chi connectivity index (χ0n) is 8.74. The zero-order chi connectivity index (χ0) is 10.1. The van der Waals surface area contributed by atoms with E-state index in [9.17, 15) is 0 Å². The Balaban J connectivity index is 1.71. The SMILES string of the molecule is c1nc(C2CNC2)oc1C1CCSCC1. The van der Waals surface area contributed by atoms with Crippen LogP contribution in [0.3, 0.4) is 0 Å². The predicted molar refractivity (Wildman–Crippen MR) is 61.4 cm³/mol. The van der Waals surface area contributed by atoms with Gasteiger partial charge in [0.05, 0.1) is 12.1 Å². The van der Waals surface area contributed by atoms with Crippen molar-refractivity contribution >= 4 is 11.8 Å². The van der Waals surface area contributed by atoms with Crippen molar-refractivity contribution in [3.8, 4) is 0 Å². The maximum Gasteiger partial charge on any atom is 0.200 e. The molecule has 0 aliphatic carbocycles. The van der Waals surface area contributed by atoms with Gasteiger partial charge in [-0.1, -0.05) is 0 Å². The molecule has 0 spiro atoms. The minimum Gasteiger partial charge on any atom is -0.445 e. The molecule has 0 saturated carbocycles. The average Bonchev–Trinajstić information content (AvgIpc) is 2.66. The van der Waals surface area contributed by atoms with E-state index in [4.69, 9.17) is 4.42 Å². The Morgan fingerprint density at radius 3 is 2.73 bits per heavy atom. The molecular weight excluding hydrogens is 208 g/mol. The molecule has 0 amide bonds. The Morgan fingerprint density at radius 2 is 2.07 bits per heavy atom. The first-order valence-electron chi connectivity index (χ1n) is 5.67. The van der Waals surface area contributed by atoms with Crippen molar-refractivity contribution < 1.29 is 4.42 Å². The third kappa shape index (κ3) is 1.93. The Hall–Kier alpha value is -0.480. The smallest absolute Gasteiger partial charge is 0.200 e. The van der Waals surface area contributed by atoms with Gasteiger partial charge in [0.1, 0.15) is 5.76 Å². The van der Waals surface area contributed by atoms with Crippen molar-refractivity contribution in [2.45, 2.75) is 24.7 Å². The predicted octanol–water partition coefficient (Wildman–Crippen LogP) is 1.97. The summed E-state index contributed by atoms with van der Waals surface area (Å²) in [6, 6.07) is 0. The van der Waals surface area contributed by atoms with E-state index in [1.54, 1.807) is 0 Å². The number of nitrogens with zero attached hydrogens (tertiary/aromatic N) is 1. The van der Waals surface area contributed by atoms with E-state index in [0.717, 1.165) is 24.7 Å². The van der Waals surface area contributed by atoms with Crippen LogP contribution in [0.5, 0.6) is 0 Å². The number of hydrogen-bond donors (Lipinski definition) is 1. The van der Waals surface area contributed by atoms with Crippen molar-refractivity contribution in [3.05, 3.63) is 17.8 Å². The van der Waals surface area contributed by atoms with Gasteiger partial charge in [0.2, 0.25) is 0 Å². The molecule has 3 nitrogen and oxygen atoms in total. The van der Waals surface area contributed by atoms with Crippen molar-refractivity contribution in [3.63, 3.8) is 0 Å². The monoisotopic (exact) mass is 224 g/mol. The van der Waals surface area contributed by atoms with Gasteiger partial charge in [-0.15, -0.1) is 0 Å². The van der Waals surface area contributed by atoms with Gasteiger partial charge in [0, 0.05) is 19.0 Å². The first-order valence-corrected chi connectivity index (χ1v) is 6.83. The highest BCUT2D eigenvalue weighted by Gasteiger charge is 2.26. The lowest BCUT2D eigenvalue weighted by Gasteiger charge is -2.24. The molecule has 0 atom stereocenters. The second kappa shape index (κ2) is 4.18. The first kappa shape index (κ1) is 9.73. The summed E-state index contributed by atoms with van der Waals surface area (Å²) < 4.78 is 5.87. The standard InChI is InChI=1S/C11H16N2OS/c1-3-15-4-2-8(1)10-7-13-11(14-10)9-5-12-6-9/h7-9,12H,1-6H2. The van der Waals surface area contributed by atoms with Crippen molar-refractivity contribution in [2.24, 2.45) is 0 Å². The molecule has 0 unspecified atom stereocenters. The molecule has 0 bridgehead atoms. The van der Waals surface area contributed by atoms with Gasteiger partial charge < -0.3 is 9.73 Å². The van der Waals surface area contributed by atoms with E-state index in [2.05, 4.69) is 22.1 Å². The number of hydrogen-bond acceptors (Lipinski definition) is 4. The molecule has 3 rings (SSSR count). The maximum absolute atomic E-state index is 5.87. The van der Waals surface area contributed by atoms with Gasteiger partial charge in [-0.25, -0.2) is 4.98 Å². The zero-order valence-corrected chi connectivity index (χ0v) is 9.55. The molecule has 0 aromatic carbocycles. The number of thioether (sulfide) groups is 1. The maximum atomic E-state index is 5.87. The molecule has 1 aromatic heterocycles. The van der Waals surface area contributed by atoms with Crippen LogP contribution in [0.1, 0.15) is 36.3 Å².